The second-order valence-electron chi connectivity index (χ2n) is 23.1. The number of carbonyl (C=O) groups excluding carboxylic acids is 3. The molecule has 0 amide bonds. The van der Waals surface area contributed by atoms with Crippen LogP contribution in [0.2, 0.25) is 0 Å². The monoisotopic (exact) mass is 1130 g/mol. The van der Waals surface area contributed by atoms with Gasteiger partial charge in [-0.3, -0.25) is 14.4 Å². The number of ether oxygens (including phenoxy) is 3. The Morgan fingerprint density at radius 3 is 0.802 bits per heavy atom. The Morgan fingerprint density at radius 1 is 0.259 bits per heavy atom. The van der Waals surface area contributed by atoms with Crippen LogP contribution in [0.3, 0.4) is 0 Å². The van der Waals surface area contributed by atoms with Gasteiger partial charge in [0.25, 0.3) is 0 Å². The van der Waals surface area contributed by atoms with Gasteiger partial charge in [0.2, 0.25) is 0 Å². The van der Waals surface area contributed by atoms with Gasteiger partial charge in [-0.1, -0.05) is 304 Å². The number of hydrogen-bond acceptors (Lipinski definition) is 6. The molecule has 0 aliphatic heterocycles. The molecule has 0 saturated heterocycles. The van der Waals surface area contributed by atoms with Gasteiger partial charge in [0, 0.05) is 19.3 Å². The van der Waals surface area contributed by atoms with Crippen LogP contribution < -0.4 is 0 Å². The highest BCUT2D eigenvalue weighted by Gasteiger charge is 2.19. The summed E-state index contributed by atoms with van der Waals surface area (Å²) in [7, 11) is 0. The van der Waals surface area contributed by atoms with Crippen molar-refractivity contribution in [3.05, 3.63) is 97.2 Å². The Labute approximate surface area is 502 Å². The minimum Gasteiger partial charge on any atom is -0.462 e. The summed E-state index contributed by atoms with van der Waals surface area (Å²) in [6.07, 6.45) is 93.0. The van der Waals surface area contributed by atoms with E-state index in [9.17, 15) is 14.4 Å². The first-order chi connectivity index (χ1) is 40.0. The van der Waals surface area contributed by atoms with Gasteiger partial charge in [0.15, 0.2) is 6.10 Å². The minimum absolute atomic E-state index is 0.0818. The zero-order valence-corrected chi connectivity index (χ0v) is 53.5. The maximum absolute atomic E-state index is 12.9. The summed E-state index contributed by atoms with van der Waals surface area (Å²) in [6.45, 7) is 6.49. The van der Waals surface area contributed by atoms with Crippen LogP contribution in [0.5, 0.6) is 0 Å². The fourth-order valence-corrected chi connectivity index (χ4v) is 9.84. The Bertz CT molecular complexity index is 1580. The van der Waals surface area contributed by atoms with Gasteiger partial charge in [0.1, 0.15) is 13.2 Å². The molecule has 0 bridgehead atoms. The van der Waals surface area contributed by atoms with E-state index in [0.717, 1.165) is 122 Å². The molecule has 0 heterocycles. The summed E-state index contributed by atoms with van der Waals surface area (Å²) in [5.41, 5.74) is 0. The molecule has 0 aromatic rings. The van der Waals surface area contributed by atoms with Gasteiger partial charge >= 0.3 is 17.9 Å². The van der Waals surface area contributed by atoms with Crippen molar-refractivity contribution in [2.24, 2.45) is 0 Å². The third-order valence-corrected chi connectivity index (χ3v) is 15.0. The van der Waals surface area contributed by atoms with E-state index in [4.69, 9.17) is 14.2 Å². The highest BCUT2D eigenvalue weighted by Crippen LogP contribution is 2.17. The van der Waals surface area contributed by atoms with Crippen molar-refractivity contribution < 1.29 is 28.6 Å². The molecule has 0 N–H and O–H groups in total. The predicted octanol–water partition coefficient (Wildman–Crippen LogP) is 24.0. The Morgan fingerprint density at radius 2 is 0.494 bits per heavy atom. The average molecular weight is 1130 g/mol. The molecule has 0 aliphatic carbocycles. The van der Waals surface area contributed by atoms with E-state index in [-0.39, 0.29) is 31.1 Å². The summed E-state index contributed by atoms with van der Waals surface area (Å²) in [6, 6.07) is 0. The number of carbonyl (C=O) groups is 3. The van der Waals surface area contributed by atoms with Crippen LogP contribution in [-0.4, -0.2) is 37.2 Å². The van der Waals surface area contributed by atoms with Crippen molar-refractivity contribution in [1.29, 1.82) is 0 Å². The average Bonchev–Trinajstić information content (AvgIpc) is 3.47. The lowest BCUT2D eigenvalue weighted by atomic mass is 10.0. The maximum Gasteiger partial charge on any atom is 0.306 e. The molecular formula is C75H130O6. The zero-order chi connectivity index (χ0) is 58.5. The van der Waals surface area contributed by atoms with Crippen LogP contribution in [-0.2, 0) is 28.6 Å². The summed E-state index contributed by atoms with van der Waals surface area (Å²) in [4.78, 5) is 38.3. The summed E-state index contributed by atoms with van der Waals surface area (Å²) in [5.74, 6) is -0.890. The molecule has 0 radical (unpaired) electrons. The zero-order valence-electron chi connectivity index (χ0n) is 53.5. The van der Waals surface area contributed by atoms with E-state index in [0.29, 0.717) is 19.3 Å². The number of hydrogen-bond donors (Lipinski definition) is 0. The van der Waals surface area contributed by atoms with Crippen LogP contribution >= 0.6 is 0 Å². The molecule has 0 spiro atoms. The minimum atomic E-state index is -0.786. The standard InChI is InChI=1S/C75H130O6/c1-4-7-10-13-16-19-22-25-28-29-30-31-32-33-34-35-36-37-38-39-40-41-42-43-44-45-46-47-48-51-53-56-59-62-65-68-74(77)80-71-72(81-75(78)69-66-63-60-57-54-50-27-24-21-18-15-12-9-6-3)70-79-73(76)67-64-61-58-55-52-49-26-23-20-17-14-11-8-5-2/h7,10,15-16,18-19,23-28,30-31,33-34,72H,4-6,8-9,11-14,17,20-22,29,32,35-71H2,1-3H3/b10-7-,18-15-,19-16-,26-23-,27-24-,28-25-,31-30-,34-33-. The number of unbranched alkanes of at least 4 members (excludes halogenated alkanes) is 36. The lowest BCUT2D eigenvalue weighted by Crippen LogP contribution is -2.30. The van der Waals surface area contributed by atoms with E-state index >= 15 is 0 Å². The molecule has 6 heteroatoms. The van der Waals surface area contributed by atoms with Gasteiger partial charge in [-0.2, -0.15) is 0 Å². The lowest BCUT2D eigenvalue weighted by Gasteiger charge is -2.18. The smallest absolute Gasteiger partial charge is 0.306 e. The number of allylic oxidation sites excluding steroid dienone is 16. The van der Waals surface area contributed by atoms with Crippen LogP contribution in [0.1, 0.15) is 342 Å². The Kier molecular flexibility index (Phi) is 65.7. The molecule has 1 atom stereocenters. The van der Waals surface area contributed by atoms with Crippen LogP contribution in [0.4, 0.5) is 0 Å². The molecule has 466 valence electrons. The molecule has 0 saturated carbocycles. The van der Waals surface area contributed by atoms with Crippen molar-refractivity contribution >= 4 is 17.9 Å². The fourth-order valence-electron chi connectivity index (χ4n) is 9.84. The predicted molar refractivity (Wildman–Crippen MR) is 353 cm³/mol. The van der Waals surface area contributed by atoms with Gasteiger partial charge < -0.3 is 14.2 Å². The van der Waals surface area contributed by atoms with Crippen molar-refractivity contribution in [1.82, 2.24) is 0 Å². The first kappa shape index (κ1) is 77.3. The number of rotatable bonds is 63. The van der Waals surface area contributed by atoms with Crippen LogP contribution in [0.15, 0.2) is 97.2 Å². The van der Waals surface area contributed by atoms with Crippen molar-refractivity contribution in [3.63, 3.8) is 0 Å². The normalized spacial score (nSPS) is 12.7. The molecule has 81 heavy (non-hydrogen) atoms. The van der Waals surface area contributed by atoms with Crippen molar-refractivity contribution in [2.75, 3.05) is 13.2 Å². The highest BCUT2D eigenvalue weighted by atomic mass is 16.6. The fraction of sp³-hybridized carbons (Fsp3) is 0.747. The second-order valence-corrected chi connectivity index (χ2v) is 23.1. The molecule has 0 aliphatic rings. The highest BCUT2D eigenvalue weighted by molar-refractivity contribution is 5.71. The van der Waals surface area contributed by atoms with Gasteiger partial charge in [-0.25, -0.2) is 0 Å². The maximum atomic E-state index is 12.9. The third kappa shape index (κ3) is 67.0. The Hall–Kier alpha value is -3.67. The van der Waals surface area contributed by atoms with Crippen LogP contribution in [0, 0.1) is 0 Å². The van der Waals surface area contributed by atoms with Gasteiger partial charge in [0.05, 0.1) is 0 Å². The van der Waals surface area contributed by atoms with Gasteiger partial charge in [-0.15, -0.1) is 0 Å². The summed E-state index contributed by atoms with van der Waals surface area (Å²) < 4.78 is 16.9. The van der Waals surface area contributed by atoms with E-state index in [2.05, 4.69) is 118 Å². The summed E-state index contributed by atoms with van der Waals surface area (Å²) >= 11 is 0. The quantitative estimate of drug-likeness (QED) is 0.0261. The molecule has 6 nitrogen and oxygen atoms in total. The molecule has 0 fully saturated rings. The topological polar surface area (TPSA) is 78.9 Å². The molecule has 0 rings (SSSR count). The lowest BCUT2D eigenvalue weighted by molar-refractivity contribution is -0.167. The first-order valence-electron chi connectivity index (χ1n) is 34.7. The molecule has 0 aromatic carbocycles. The second kappa shape index (κ2) is 68.8. The molecule has 0 aromatic heterocycles. The van der Waals surface area contributed by atoms with E-state index in [1.165, 1.54) is 180 Å². The van der Waals surface area contributed by atoms with E-state index in [1.54, 1.807) is 0 Å². The van der Waals surface area contributed by atoms with Gasteiger partial charge in [-0.05, 0) is 116 Å². The summed E-state index contributed by atoms with van der Waals surface area (Å²) in [5, 5.41) is 0. The largest absolute Gasteiger partial charge is 0.462 e. The van der Waals surface area contributed by atoms with Crippen molar-refractivity contribution in [3.8, 4) is 0 Å². The van der Waals surface area contributed by atoms with Crippen LogP contribution in [0.25, 0.3) is 0 Å². The third-order valence-electron chi connectivity index (χ3n) is 15.0. The molecular weight excluding hydrogens is 997 g/mol. The van der Waals surface area contributed by atoms with E-state index in [1.807, 2.05) is 0 Å². The molecule has 1 unspecified atom stereocenters. The Balaban J connectivity index is 4.12. The SMILES string of the molecule is CC/C=C\C/C=C\C/C=C\C/C=C\C/C=C\CCCCCCCCCCCCCCCCCCCCCC(=O)OCC(COC(=O)CCCCCCC/C=C\CCCCCCC)OC(=O)CCCCCCC/C=C\C/C=C\CCCC. The number of esters is 3. The van der Waals surface area contributed by atoms with Crippen molar-refractivity contribution in [2.45, 2.75) is 348 Å². The van der Waals surface area contributed by atoms with E-state index < -0.39 is 6.10 Å². The first-order valence-corrected chi connectivity index (χ1v) is 34.7.